The number of methoxy groups -OCH3 is 1. The molecule has 92 valence electrons. The molecule has 1 N–H and O–H groups in total. The second-order valence-corrected chi connectivity index (χ2v) is 3.23. The number of hydrogen-bond donors (Lipinski definition) is 1. The van der Waals surface area contributed by atoms with Crippen LogP contribution in [0, 0.1) is 0 Å². The van der Waals surface area contributed by atoms with Crippen molar-refractivity contribution in [1.29, 1.82) is 0 Å². The van der Waals surface area contributed by atoms with Gasteiger partial charge in [-0.05, 0) is 13.5 Å². The molecule has 3 nitrogen and oxygen atoms in total. The summed E-state index contributed by atoms with van der Waals surface area (Å²) in [7, 11) is 1.50. The van der Waals surface area contributed by atoms with Crippen molar-refractivity contribution < 1.29 is 22.6 Å². The molecule has 0 aromatic heterocycles. The topological polar surface area (TPSA) is 30.5 Å². The fourth-order valence-corrected chi connectivity index (χ4v) is 1.01. The first-order valence-electron chi connectivity index (χ1n) is 4.82. The van der Waals surface area contributed by atoms with Gasteiger partial charge >= 0.3 is 6.18 Å². The third-order valence-electron chi connectivity index (χ3n) is 1.87. The molecule has 15 heavy (non-hydrogen) atoms. The van der Waals surface area contributed by atoms with Gasteiger partial charge < -0.3 is 14.8 Å². The summed E-state index contributed by atoms with van der Waals surface area (Å²) in [6, 6.07) is -0.204. The van der Waals surface area contributed by atoms with Crippen molar-refractivity contribution in [3.05, 3.63) is 0 Å². The van der Waals surface area contributed by atoms with Crippen LogP contribution in [0.25, 0.3) is 0 Å². The quantitative estimate of drug-likeness (QED) is 0.719. The van der Waals surface area contributed by atoms with Crippen LogP contribution in [-0.4, -0.2) is 45.2 Å². The van der Waals surface area contributed by atoms with Crippen molar-refractivity contribution >= 4 is 0 Å². The van der Waals surface area contributed by atoms with Gasteiger partial charge in [-0.25, -0.2) is 0 Å². The van der Waals surface area contributed by atoms with Gasteiger partial charge in [0.2, 0.25) is 0 Å². The maximum absolute atomic E-state index is 12.1. The van der Waals surface area contributed by atoms with Crippen LogP contribution >= 0.6 is 0 Å². The number of likely N-dealkylation sites (N-methyl/N-ethyl adjacent to an activating group) is 1. The molecule has 2 atom stereocenters. The number of nitrogens with one attached hydrogen (secondary N) is 1. The van der Waals surface area contributed by atoms with Gasteiger partial charge in [0.15, 0.2) is 6.10 Å². The molecule has 0 saturated carbocycles. The highest BCUT2D eigenvalue weighted by atomic mass is 19.4. The summed E-state index contributed by atoms with van der Waals surface area (Å²) in [6.45, 7) is 3.85. The summed E-state index contributed by atoms with van der Waals surface area (Å²) in [6.07, 6.45) is -6.04. The van der Waals surface area contributed by atoms with E-state index in [1.54, 1.807) is 0 Å². The van der Waals surface area contributed by atoms with Crippen LogP contribution < -0.4 is 5.32 Å². The first kappa shape index (κ1) is 14.7. The Morgan fingerprint density at radius 1 is 1.27 bits per heavy atom. The first-order chi connectivity index (χ1) is 6.91. The number of ether oxygens (including phenoxy) is 2. The minimum Gasteiger partial charge on any atom is -0.383 e. The molecular formula is C9H18F3NO2. The minimum absolute atomic E-state index is 0.0116. The summed E-state index contributed by atoms with van der Waals surface area (Å²) < 4.78 is 45.8. The fourth-order valence-electron chi connectivity index (χ4n) is 1.01. The van der Waals surface area contributed by atoms with Crippen LogP contribution in [0.2, 0.25) is 0 Å². The van der Waals surface area contributed by atoms with E-state index < -0.39 is 12.3 Å². The van der Waals surface area contributed by atoms with E-state index in [1.807, 2.05) is 6.92 Å². The van der Waals surface area contributed by atoms with Crippen molar-refractivity contribution in [2.24, 2.45) is 0 Å². The zero-order valence-electron chi connectivity index (χ0n) is 9.23. The molecule has 6 heteroatoms. The van der Waals surface area contributed by atoms with Crippen LogP contribution in [0.15, 0.2) is 0 Å². The smallest absolute Gasteiger partial charge is 0.383 e. The maximum atomic E-state index is 12.1. The lowest BCUT2D eigenvalue weighted by molar-refractivity contribution is -0.216. The fraction of sp³-hybridized carbons (Fsp3) is 1.00. The van der Waals surface area contributed by atoms with Gasteiger partial charge in [0, 0.05) is 7.11 Å². The molecule has 0 aliphatic heterocycles. The summed E-state index contributed by atoms with van der Waals surface area (Å²) in [5.41, 5.74) is 0. The SMILES string of the molecule is CCNC(COC)COC(C)C(F)(F)F. The van der Waals surface area contributed by atoms with Crippen LogP contribution in [0.3, 0.4) is 0 Å². The Balaban J connectivity index is 3.87. The van der Waals surface area contributed by atoms with Gasteiger partial charge in [-0.1, -0.05) is 6.92 Å². The van der Waals surface area contributed by atoms with Crippen LogP contribution in [-0.2, 0) is 9.47 Å². The van der Waals surface area contributed by atoms with Crippen LogP contribution in [0.4, 0.5) is 13.2 Å². The summed E-state index contributed by atoms with van der Waals surface area (Å²) in [5, 5.41) is 2.97. The molecule has 2 unspecified atom stereocenters. The number of alkyl halides is 3. The molecule has 0 fully saturated rings. The Bertz CT molecular complexity index is 158. The highest BCUT2D eigenvalue weighted by molar-refractivity contribution is 4.67. The van der Waals surface area contributed by atoms with Crippen molar-refractivity contribution in [3.8, 4) is 0 Å². The third kappa shape index (κ3) is 6.70. The second-order valence-electron chi connectivity index (χ2n) is 3.23. The Morgan fingerprint density at radius 3 is 2.27 bits per heavy atom. The summed E-state index contributed by atoms with van der Waals surface area (Å²) >= 11 is 0. The largest absolute Gasteiger partial charge is 0.414 e. The molecule has 0 spiro atoms. The minimum atomic E-state index is -4.30. The van der Waals surface area contributed by atoms with Crippen molar-refractivity contribution in [3.63, 3.8) is 0 Å². The lowest BCUT2D eigenvalue weighted by Crippen LogP contribution is -2.40. The number of halogens is 3. The monoisotopic (exact) mass is 229 g/mol. The Kier molecular flexibility index (Phi) is 6.87. The maximum Gasteiger partial charge on any atom is 0.414 e. The van der Waals surface area contributed by atoms with Crippen LogP contribution in [0.5, 0.6) is 0 Å². The highest BCUT2D eigenvalue weighted by Gasteiger charge is 2.37. The van der Waals surface area contributed by atoms with E-state index in [0.29, 0.717) is 13.2 Å². The van der Waals surface area contributed by atoms with Gasteiger partial charge in [0.25, 0.3) is 0 Å². The second kappa shape index (κ2) is 7.03. The number of hydrogen-bond acceptors (Lipinski definition) is 3. The molecule has 0 aliphatic carbocycles. The Morgan fingerprint density at radius 2 is 1.87 bits per heavy atom. The van der Waals surface area contributed by atoms with E-state index in [1.165, 1.54) is 7.11 Å². The normalized spacial score (nSPS) is 16.4. The lowest BCUT2D eigenvalue weighted by Gasteiger charge is -2.21. The van der Waals surface area contributed by atoms with Crippen molar-refractivity contribution in [2.45, 2.75) is 32.2 Å². The molecule has 0 rings (SSSR count). The van der Waals surface area contributed by atoms with Gasteiger partial charge in [0.1, 0.15) is 0 Å². The molecule has 0 bridgehead atoms. The van der Waals surface area contributed by atoms with Crippen molar-refractivity contribution in [1.82, 2.24) is 5.32 Å². The van der Waals surface area contributed by atoms with Gasteiger partial charge in [0.05, 0.1) is 19.3 Å². The zero-order chi connectivity index (χ0) is 11.9. The molecule has 0 aliphatic rings. The molecular weight excluding hydrogens is 211 g/mol. The van der Waals surface area contributed by atoms with E-state index in [9.17, 15) is 13.2 Å². The van der Waals surface area contributed by atoms with Gasteiger partial charge in [-0.3, -0.25) is 0 Å². The number of rotatable bonds is 7. The average molecular weight is 229 g/mol. The van der Waals surface area contributed by atoms with Crippen molar-refractivity contribution in [2.75, 3.05) is 26.9 Å². The van der Waals surface area contributed by atoms with Gasteiger partial charge in [-0.2, -0.15) is 13.2 Å². The van der Waals surface area contributed by atoms with Crippen LogP contribution in [0.1, 0.15) is 13.8 Å². The Labute approximate surface area is 87.9 Å². The molecule has 0 saturated heterocycles. The van der Waals surface area contributed by atoms with E-state index >= 15 is 0 Å². The summed E-state index contributed by atoms with van der Waals surface area (Å²) in [4.78, 5) is 0. The average Bonchev–Trinajstić information content (AvgIpc) is 2.12. The predicted octanol–water partition coefficient (Wildman–Crippen LogP) is 1.58. The molecule has 0 radical (unpaired) electrons. The summed E-state index contributed by atoms with van der Waals surface area (Å²) in [5.74, 6) is 0. The first-order valence-corrected chi connectivity index (χ1v) is 4.82. The molecule has 0 amide bonds. The van der Waals surface area contributed by atoms with E-state index in [4.69, 9.17) is 9.47 Å². The molecule has 0 aromatic carbocycles. The van der Waals surface area contributed by atoms with E-state index in [2.05, 4.69) is 5.32 Å². The molecule has 0 aromatic rings. The third-order valence-corrected chi connectivity index (χ3v) is 1.87. The highest BCUT2D eigenvalue weighted by Crippen LogP contribution is 2.22. The lowest BCUT2D eigenvalue weighted by atomic mass is 10.3. The van der Waals surface area contributed by atoms with Gasteiger partial charge in [-0.15, -0.1) is 0 Å². The van der Waals surface area contributed by atoms with E-state index in [-0.39, 0.29) is 12.6 Å². The predicted molar refractivity (Wildman–Crippen MR) is 50.8 cm³/mol. The zero-order valence-corrected chi connectivity index (χ0v) is 9.23. The van der Waals surface area contributed by atoms with E-state index in [0.717, 1.165) is 6.92 Å². The molecule has 0 heterocycles. The standard InChI is InChI=1S/C9H18F3NO2/c1-4-13-8(5-14-3)6-15-7(2)9(10,11)12/h7-8,13H,4-6H2,1-3H3. The Hall–Kier alpha value is -0.330.